The van der Waals surface area contributed by atoms with Crippen molar-refractivity contribution in [3.8, 4) is 11.8 Å². The zero-order chi connectivity index (χ0) is 9.52. The van der Waals surface area contributed by atoms with Gasteiger partial charge in [-0.1, -0.05) is 0 Å². The highest BCUT2D eigenvalue weighted by atomic mass is 15.0. The standard InChI is InChI=1S/C10H15N3/c1-3-4-5-6-9(11-2)10-12-7-8-13-10/h7-9,11H,5-6H2,1-2H3,(H,12,13). The van der Waals surface area contributed by atoms with Gasteiger partial charge in [-0.15, -0.1) is 11.8 Å². The maximum Gasteiger partial charge on any atom is 0.123 e. The van der Waals surface area contributed by atoms with Crippen LogP contribution in [0.25, 0.3) is 0 Å². The highest BCUT2D eigenvalue weighted by molar-refractivity contribution is 5.00. The van der Waals surface area contributed by atoms with Crippen LogP contribution in [0.2, 0.25) is 0 Å². The first-order valence-corrected chi connectivity index (χ1v) is 4.44. The first-order valence-electron chi connectivity index (χ1n) is 4.44. The molecule has 1 heterocycles. The number of imidazole rings is 1. The van der Waals surface area contributed by atoms with Gasteiger partial charge in [0.05, 0.1) is 6.04 Å². The highest BCUT2D eigenvalue weighted by Gasteiger charge is 2.09. The van der Waals surface area contributed by atoms with Gasteiger partial charge < -0.3 is 10.3 Å². The van der Waals surface area contributed by atoms with E-state index in [1.807, 2.05) is 20.2 Å². The molecule has 1 aromatic rings. The first-order chi connectivity index (χ1) is 6.38. The lowest BCUT2D eigenvalue weighted by atomic mass is 10.1. The lowest BCUT2D eigenvalue weighted by molar-refractivity contribution is 0.533. The molecule has 0 aliphatic carbocycles. The van der Waals surface area contributed by atoms with Crippen LogP contribution in [0, 0.1) is 11.8 Å². The molecule has 0 aliphatic heterocycles. The minimum atomic E-state index is 0.288. The minimum Gasteiger partial charge on any atom is -0.347 e. The van der Waals surface area contributed by atoms with Crippen LogP contribution in [0.3, 0.4) is 0 Å². The van der Waals surface area contributed by atoms with Crippen molar-refractivity contribution in [2.75, 3.05) is 7.05 Å². The topological polar surface area (TPSA) is 40.7 Å². The van der Waals surface area contributed by atoms with Crippen LogP contribution in [0.1, 0.15) is 31.6 Å². The summed E-state index contributed by atoms with van der Waals surface area (Å²) < 4.78 is 0. The van der Waals surface area contributed by atoms with Crippen LogP contribution in [0.5, 0.6) is 0 Å². The van der Waals surface area contributed by atoms with Gasteiger partial charge in [0.25, 0.3) is 0 Å². The summed E-state index contributed by atoms with van der Waals surface area (Å²) in [7, 11) is 1.94. The maximum atomic E-state index is 4.20. The Bertz CT molecular complexity index is 279. The normalized spacial score (nSPS) is 11.8. The van der Waals surface area contributed by atoms with E-state index in [1.165, 1.54) is 0 Å². The molecule has 1 aromatic heterocycles. The molecule has 0 fully saturated rings. The number of aromatic amines is 1. The quantitative estimate of drug-likeness (QED) is 0.684. The minimum absolute atomic E-state index is 0.288. The van der Waals surface area contributed by atoms with E-state index in [9.17, 15) is 0 Å². The van der Waals surface area contributed by atoms with Crippen molar-refractivity contribution < 1.29 is 0 Å². The molecule has 0 aliphatic rings. The molecule has 0 saturated carbocycles. The summed E-state index contributed by atoms with van der Waals surface area (Å²) in [5, 5.41) is 3.20. The van der Waals surface area contributed by atoms with Crippen LogP contribution in [-0.2, 0) is 0 Å². The van der Waals surface area contributed by atoms with Crippen molar-refractivity contribution in [3.63, 3.8) is 0 Å². The van der Waals surface area contributed by atoms with Crippen molar-refractivity contribution in [1.29, 1.82) is 0 Å². The van der Waals surface area contributed by atoms with Gasteiger partial charge in [0.2, 0.25) is 0 Å². The van der Waals surface area contributed by atoms with Crippen molar-refractivity contribution in [2.45, 2.75) is 25.8 Å². The largest absolute Gasteiger partial charge is 0.347 e. The number of nitrogens with one attached hydrogen (secondary N) is 2. The monoisotopic (exact) mass is 177 g/mol. The zero-order valence-electron chi connectivity index (χ0n) is 8.09. The molecule has 0 amide bonds. The number of nitrogens with zero attached hydrogens (tertiary/aromatic N) is 1. The third kappa shape index (κ3) is 2.92. The van der Waals surface area contributed by atoms with E-state index < -0.39 is 0 Å². The van der Waals surface area contributed by atoms with Crippen molar-refractivity contribution in [1.82, 2.24) is 15.3 Å². The average molecular weight is 177 g/mol. The second kappa shape index (κ2) is 5.39. The van der Waals surface area contributed by atoms with Crippen LogP contribution >= 0.6 is 0 Å². The summed E-state index contributed by atoms with van der Waals surface area (Å²) in [6.07, 6.45) is 5.50. The zero-order valence-corrected chi connectivity index (χ0v) is 8.09. The second-order valence-corrected chi connectivity index (χ2v) is 2.78. The molecule has 70 valence electrons. The molecule has 0 spiro atoms. The summed E-state index contributed by atoms with van der Waals surface area (Å²) >= 11 is 0. The molecule has 0 bridgehead atoms. The van der Waals surface area contributed by atoms with Gasteiger partial charge in [-0.3, -0.25) is 0 Å². The highest BCUT2D eigenvalue weighted by Crippen LogP contribution is 2.12. The van der Waals surface area contributed by atoms with Gasteiger partial charge in [-0.2, -0.15) is 0 Å². The fourth-order valence-electron chi connectivity index (χ4n) is 1.23. The Morgan fingerprint density at radius 1 is 1.69 bits per heavy atom. The Labute approximate surface area is 79.0 Å². The third-order valence-electron chi connectivity index (χ3n) is 1.93. The van der Waals surface area contributed by atoms with E-state index in [1.54, 1.807) is 6.20 Å². The predicted molar refractivity (Wildman–Crippen MR) is 53.1 cm³/mol. The van der Waals surface area contributed by atoms with Gasteiger partial charge in [0.15, 0.2) is 0 Å². The Hall–Kier alpha value is -1.27. The molecular weight excluding hydrogens is 162 g/mol. The number of aromatic nitrogens is 2. The fraction of sp³-hybridized carbons (Fsp3) is 0.500. The number of H-pyrrole nitrogens is 1. The molecule has 13 heavy (non-hydrogen) atoms. The molecule has 0 saturated heterocycles. The van der Waals surface area contributed by atoms with Crippen LogP contribution < -0.4 is 5.32 Å². The lowest BCUT2D eigenvalue weighted by Gasteiger charge is -2.11. The van der Waals surface area contributed by atoms with Crippen LogP contribution in [0.4, 0.5) is 0 Å². The van der Waals surface area contributed by atoms with Crippen LogP contribution in [-0.4, -0.2) is 17.0 Å². The summed E-state index contributed by atoms with van der Waals surface area (Å²) in [6, 6.07) is 0.288. The molecule has 1 rings (SSSR count). The third-order valence-corrected chi connectivity index (χ3v) is 1.93. The van der Waals surface area contributed by atoms with Gasteiger partial charge in [0, 0.05) is 18.8 Å². The predicted octanol–water partition coefficient (Wildman–Crippen LogP) is 1.47. The van der Waals surface area contributed by atoms with Gasteiger partial charge >= 0.3 is 0 Å². The molecule has 3 heteroatoms. The maximum absolute atomic E-state index is 4.20. The molecular formula is C10H15N3. The average Bonchev–Trinajstić information content (AvgIpc) is 2.65. The summed E-state index contributed by atoms with van der Waals surface area (Å²) in [5.74, 6) is 6.91. The molecule has 0 aromatic carbocycles. The first kappa shape index (κ1) is 9.82. The number of rotatable bonds is 4. The lowest BCUT2D eigenvalue weighted by Crippen LogP contribution is -2.17. The van der Waals surface area contributed by atoms with E-state index in [4.69, 9.17) is 0 Å². The van der Waals surface area contributed by atoms with Crippen LogP contribution in [0.15, 0.2) is 12.4 Å². The van der Waals surface area contributed by atoms with E-state index in [2.05, 4.69) is 27.1 Å². The fourth-order valence-corrected chi connectivity index (χ4v) is 1.23. The Kier molecular flexibility index (Phi) is 4.07. The van der Waals surface area contributed by atoms with E-state index in [0.717, 1.165) is 18.7 Å². The molecule has 1 unspecified atom stereocenters. The summed E-state index contributed by atoms with van der Waals surface area (Å²) in [4.78, 5) is 7.29. The Balaban J connectivity index is 2.47. The molecule has 2 N–H and O–H groups in total. The molecule has 3 nitrogen and oxygen atoms in total. The SMILES string of the molecule is CC#CCCC(NC)c1ncc[nH]1. The smallest absolute Gasteiger partial charge is 0.123 e. The summed E-state index contributed by atoms with van der Waals surface area (Å²) in [6.45, 7) is 1.86. The summed E-state index contributed by atoms with van der Waals surface area (Å²) in [5.41, 5.74) is 0. The van der Waals surface area contributed by atoms with Crippen molar-refractivity contribution in [3.05, 3.63) is 18.2 Å². The number of hydrogen-bond acceptors (Lipinski definition) is 2. The van der Waals surface area contributed by atoms with Gasteiger partial charge in [0.1, 0.15) is 5.82 Å². The van der Waals surface area contributed by atoms with Gasteiger partial charge in [-0.25, -0.2) is 4.98 Å². The second-order valence-electron chi connectivity index (χ2n) is 2.78. The van der Waals surface area contributed by atoms with E-state index >= 15 is 0 Å². The van der Waals surface area contributed by atoms with Crippen molar-refractivity contribution >= 4 is 0 Å². The van der Waals surface area contributed by atoms with Gasteiger partial charge in [-0.05, 0) is 20.4 Å². The Morgan fingerprint density at radius 3 is 3.08 bits per heavy atom. The van der Waals surface area contributed by atoms with E-state index in [0.29, 0.717) is 0 Å². The molecule has 1 atom stereocenters. The number of hydrogen-bond donors (Lipinski definition) is 2. The van der Waals surface area contributed by atoms with Crippen molar-refractivity contribution in [2.24, 2.45) is 0 Å². The molecule has 0 radical (unpaired) electrons. The Morgan fingerprint density at radius 2 is 2.54 bits per heavy atom. The van der Waals surface area contributed by atoms with E-state index in [-0.39, 0.29) is 6.04 Å².